The number of nitrogens with zero attached hydrogens (tertiary/aromatic N) is 1. The third-order valence-electron chi connectivity index (χ3n) is 6.29. The Bertz CT molecular complexity index is 536. The molecule has 5 heteroatoms. The molecule has 1 saturated heterocycles. The Balaban J connectivity index is 0.00000169. The Morgan fingerprint density at radius 3 is 2.67 bits per heavy atom. The van der Waals surface area contributed by atoms with Gasteiger partial charge >= 0.3 is 0 Å². The van der Waals surface area contributed by atoms with Crippen LogP contribution >= 0.6 is 23.7 Å². The second-order valence-electron chi connectivity index (χ2n) is 7.76. The van der Waals surface area contributed by atoms with E-state index in [1.807, 2.05) is 0 Å². The van der Waals surface area contributed by atoms with Crippen molar-refractivity contribution < 1.29 is 4.79 Å². The maximum atomic E-state index is 13.2. The lowest BCUT2D eigenvalue weighted by atomic mass is 9.87. The molecule has 2 heterocycles. The maximum absolute atomic E-state index is 13.2. The van der Waals surface area contributed by atoms with Gasteiger partial charge in [0.05, 0.1) is 0 Å². The minimum Gasteiger partial charge on any atom is -0.335 e. The third kappa shape index (κ3) is 3.66. The summed E-state index contributed by atoms with van der Waals surface area (Å²) < 4.78 is 0. The SMILES string of the molecule is Cl.O=C(C1CCCCC1)N(Cc1ccsc1)C1CC12CCNCC2. The summed E-state index contributed by atoms with van der Waals surface area (Å²) >= 11 is 1.74. The van der Waals surface area contributed by atoms with Crippen LogP contribution in [0, 0.1) is 11.3 Å². The highest BCUT2D eigenvalue weighted by Gasteiger charge is 2.58. The molecule has 1 aromatic heterocycles. The summed E-state index contributed by atoms with van der Waals surface area (Å²) in [4.78, 5) is 15.5. The van der Waals surface area contributed by atoms with Gasteiger partial charge in [-0.05, 0) is 73.0 Å². The van der Waals surface area contributed by atoms with E-state index in [1.54, 1.807) is 11.3 Å². The zero-order valence-electron chi connectivity index (χ0n) is 14.3. The van der Waals surface area contributed by atoms with Gasteiger partial charge in [0.2, 0.25) is 5.91 Å². The van der Waals surface area contributed by atoms with Crippen LogP contribution in [-0.2, 0) is 11.3 Å². The van der Waals surface area contributed by atoms with Crippen molar-refractivity contribution in [1.82, 2.24) is 10.2 Å². The highest BCUT2D eigenvalue weighted by molar-refractivity contribution is 7.07. The number of piperidine rings is 1. The van der Waals surface area contributed by atoms with Gasteiger partial charge in [0.1, 0.15) is 0 Å². The van der Waals surface area contributed by atoms with E-state index in [0.717, 1.165) is 32.5 Å². The topological polar surface area (TPSA) is 32.3 Å². The molecule has 134 valence electrons. The first-order valence-corrected chi connectivity index (χ1v) is 10.3. The predicted molar refractivity (Wildman–Crippen MR) is 102 cm³/mol. The Kier molecular flexibility index (Phi) is 5.89. The summed E-state index contributed by atoms with van der Waals surface area (Å²) in [5.74, 6) is 0.748. The Morgan fingerprint density at radius 2 is 2.00 bits per heavy atom. The summed E-state index contributed by atoms with van der Waals surface area (Å²) in [6, 6.07) is 2.68. The van der Waals surface area contributed by atoms with Crippen LogP contribution in [0.1, 0.15) is 56.9 Å². The van der Waals surface area contributed by atoms with Gasteiger partial charge in [0, 0.05) is 18.5 Å². The smallest absolute Gasteiger partial charge is 0.226 e. The van der Waals surface area contributed by atoms with Crippen molar-refractivity contribution in [3.05, 3.63) is 22.4 Å². The molecule has 1 spiro atoms. The zero-order valence-corrected chi connectivity index (χ0v) is 16.0. The Morgan fingerprint density at radius 1 is 1.25 bits per heavy atom. The molecule has 24 heavy (non-hydrogen) atoms. The lowest BCUT2D eigenvalue weighted by Crippen LogP contribution is -2.42. The first-order chi connectivity index (χ1) is 11.3. The summed E-state index contributed by atoms with van der Waals surface area (Å²) in [6.45, 7) is 3.08. The fourth-order valence-electron chi connectivity index (χ4n) is 4.73. The van der Waals surface area contributed by atoms with Crippen LogP contribution in [0.25, 0.3) is 0 Å². The molecule has 1 amide bonds. The minimum absolute atomic E-state index is 0. The van der Waals surface area contributed by atoms with Gasteiger partial charge < -0.3 is 10.2 Å². The first-order valence-electron chi connectivity index (χ1n) is 9.31. The van der Waals surface area contributed by atoms with Gasteiger partial charge in [-0.25, -0.2) is 0 Å². The number of hydrogen-bond acceptors (Lipinski definition) is 3. The van der Waals surface area contributed by atoms with Crippen LogP contribution in [0.3, 0.4) is 0 Å². The second kappa shape index (κ2) is 7.76. The number of carbonyl (C=O) groups is 1. The quantitative estimate of drug-likeness (QED) is 0.862. The highest BCUT2D eigenvalue weighted by atomic mass is 35.5. The molecule has 1 unspecified atom stereocenters. The van der Waals surface area contributed by atoms with Crippen LogP contribution < -0.4 is 5.32 Å². The average Bonchev–Trinajstić information content (AvgIpc) is 3.04. The van der Waals surface area contributed by atoms with Gasteiger partial charge in [-0.3, -0.25) is 4.79 Å². The molecule has 2 saturated carbocycles. The van der Waals surface area contributed by atoms with E-state index < -0.39 is 0 Å². The van der Waals surface area contributed by atoms with Gasteiger partial charge in [-0.1, -0.05) is 19.3 Å². The number of rotatable bonds is 4. The van der Waals surface area contributed by atoms with Crippen LogP contribution in [0.15, 0.2) is 16.8 Å². The molecule has 0 radical (unpaired) electrons. The van der Waals surface area contributed by atoms with E-state index in [4.69, 9.17) is 0 Å². The molecule has 3 fully saturated rings. The summed E-state index contributed by atoms with van der Waals surface area (Å²) in [6.07, 6.45) is 9.74. The number of amides is 1. The lowest BCUT2D eigenvalue weighted by molar-refractivity contribution is -0.138. The molecule has 1 aromatic rings. The monoisotopic (exact) mass is 368 g/mol. The Labute approximate surface area is 155 Å². The third-order valence-corrected chi connectivity index (χ3v) is 7.02. The number of halogens is 1. The fraction of sp³-hybridized carbons (Fsp3) is 0.737. The Hall–Kier alpha value is -0.580. The van der Waals surface area contributed by atoms with Crippen LogP contribution in [0.5, 0.6) is 0 Å². The number of thiophene rings is 1. The van der Waals surface area contributed by atoms with Crippen molar-refractivity contribution in [2.45, 2.75) is 64.0 Å². The molecule has 3 nitrogen and oxygen atoms in total. The highest BCUT2D eigenvalue weighted by Crippen LogP contribution is 2.56. The normalized spacial score (nSPS) is 25.9. The van der Waals surface area contributed by atoms with Crippen LogP contribution in [-0.4, -0.2) is 29.9 Å². The molecule has 1 aliphatic heterocycles. The summed E-state index contributed by atoms with van der Waals surface area (Å²) in [5, 5.41) is 7.81. The van der Waals surface area contributed by atoms with E-state index >= 15 is 0 Å². The van der Waals surface area contributed by atoms with E-state index in [2.05, 4.69) is 27.0 Å². The predicted octanol–water partition coefficient (Wildman–Crippen LogP) is 4.22. The molecule has 1 atom stereocenters. The van der Waals surface area contributed by atoms with Gasteiger partial charge in [0.25, 0.3) is 0 Å². The molecule has 0 bridgehead atoms. The van der Waals surface area contributed by atoms with Crippen molar-refractivity contribution in [2.24, 2.45) is 11.3 Å². The second-order valence-corrected chi connectivity index (χ2v) is 8.54. The standard InChI is InChI=1S/C19H28N2OS.ClH/c22-18(16-4-2-1-3-5-16)21(13-15-6-11-23-14-15)17-12-19(17)7-9-20-10-8-19;/h6,11,14,16-17,20H,1-5,7-10,12-13H2;1H. The molecule has 1 N–H and O–H groups in total. The molecular formula is C19H29ClN2OS. The number of carbonyl (C=O) groups excluding carboxylic acids is 1. The van der Waals surface area contributed by atoms with E-state index in [9.17, 15) is 4.79 Å². The molecule has 0 aromatic carbocycles. The van der Waals surface area contributed by atoms with Gasteiger partial charge in [0.15, 0.2) is 0 Å². The van der Waals surface area contributed by atoms with Crippen LogP contribution in [0.4, 0.5) is 0 Å². The van der Waals surface area contributed by atoms with Crippen molar-refractivity contribution in [3.63, 3.8) is 0 Å². The van der Waals surface area contributed by atoms with Gasteiger partial charge in [-0.2, -0.15) is 11.3 Å². The molecule has 4 rings (SSSR count). The van der Waals surface area contributed by atoms with E-state index in [-0.39, 0.29) is 12.4 Å². The molecule has 3 aliphatic rings. The average molecular weight is 369 g/mol. The molecular weight excluding hydrogens is 340 g/mol. The van der Waals surface area contributed by atoms with Crippen molar-refractivity contribution in [1.29, 1.82) is 0 Å². The minimum atomic E-state index is 0. The van der Waals surface area contributed by atoms with E-state index in [0.29, 0.717) is 23.3 Å². The van der Waals surface area contributed by atoms with Crippen molar-refractivity contribution in [3.8, 4) is 0 Å². The summed E-state index contributed by atoms with van der Waals surface area (Å²) in [5.41, 5.74) is 1.75. The lowest BCUT2D eigenvalue weighted by Gasteiger charge is -2.33. The zero-order chi connectivity index (χ0) is 15.7. The number of hydrogen-bond donors (Lipinski definition) is 1. The van der Waals surface area contributed by atoms with E-state index in [1.165, 1.54) is 44.1 Å². The first kappa shape index (κ1) is 18.2. The number of nitrogens with one attached hydrogen (secondary N) is 1. The van der Waals surface area contributed by atoms with Gasteiger partial charge in [-0.15, -0.1) is 12.4 Å². The fourth-order valence-corrected chi connectivity index (χ4v) is 5.39. The van der Waals surface area contributed by atoms with Crippen molar-refractivity contribution >= 4 is 29.7 Å². The van der Waals surface area contributed by atoms with Crippen LogP contribution in [0.2, 0.25) is 0 Å². The van der Waals surface area contributed by atoms with Crippen molar-refractivity contribution in [2.75, 3.05) is 13.1 Å². The summed E-state index contributed by atoms with van der Waals surface area (Å²) in [7, 11) is 0. The largest absolute Gasteiger partial charge is 0.335 e. The maximum Gasteiger partial charge on any atom is 0.226 e. The molecule has 2 aliphatic carbocycles.